The standard InChI is InChI=1S/C27H29N3O5S/c1-3-19(2)28-26(31)21-13-7-8-14-22(21)29-27(32)25-17-30(23-15-9-10-16-24(23)35-25)36(33,34)18-20-11-5-4-6-12-20/h4-16,19,25H,3,17-18H2,1-2H3,(H,28,31)(H,29,32)/t19-,25-/m1/s1. The molecule has 9 heteroatoms. The van der Waals surface area contributed by atoms with Crippen molar-refractivity contribution >= 4 is 33.2 Å². The summed E-state index contributed by atoms with van der Waals surface area (Å²) in [6.45, 7) is 3.67. The van der Waals surface area contributed by atoms with E-state index in [2.05, 4.69) is 10.6 Å². The molecule has 8 nitrogen and oxygen atoms in total. The number of sulfonamides is 1. The number of amides is 2. The van der Waals surface area contributed by atoms with Gasteiger partial charge in [-0.2, -0.15) is 0 Å². The third kappa shape index (κ3) is 5.68. The molecular weight excluding hydrogens is 478 g/mol. The van der Waals surface area contributed by atoms with Crippen LogP contribution in [0.2, 0.25) is 0 Å². The summed E-state index contributed by atoms with van der Waals surface area (Å²) in [4.78, 5) is 26.0. The number of anilines is 2. The zero-order valence-corrected chi connectivity index (χ0v) is 21.0. The monoisotopic (exact) mass is 507 g/mol. The molecule has 0 aromatic heterocycles. The minimum absolute atomic E-state index is 0.0252. The molecule has 1 aliphatic heterocycles. The third-order valence-corrected chi connectivity index (χ3v) is 7.69. The van der Waals surface area contributed by atoms with Gasteiger partial charge in [-0.05, 0) is 43.2 Å². The molecule has 1 heterocycles. The van der Waals surface area contributed by atoms with Crippen LogP contribution in [0.15, 0.2) is 78.9 Å². The Kier molecular flexibility index (Phi) is 7.59. The van der Waals surface area contributed by atoms with E-state index in [1.54, 1.807) is 72.8 Å². The number of nitrogens with zero attached hydrogens (tertiary/aromatic N) is 1. The molecule has 0 aliphatic carbocycles. The predicted molar refractivity (Wildman–Crippen MR) is 140 cm³/mol. The zero-order valence-electron chi connectivity index (χ0n) is 20.2. The van der Waals surface area contributed by atoms with E-state index in [9.17, 15) is 18.0 Å². The predicted octanol–water partition coefficient (Wildman–Crippen LogP) is 3.95. The molecule has 3 aromatic rings. The molecular formula is C27H29N3O5S. The molecule has 0 unspecified atom stereocenters. The van der Waals surface area contributed by atoms with Crippen molar-refractivity contribution in [2.75, 3.05) is 16.2 Å². The van der Waals surface area contributed by atoms with Gasteiger partial charge in [-0.1, -0.05) is 61.5 Å². The molecule has 3 aromatic carbocycles. The van der Waals surface area contributed by atoms with Gasteiger partial charge in [0, 0.05) is 6.04 Å². The Bertz CT molecular complexity index is 1340. The number of fused-ring (bicyclic) bond motifs is 1. The maximum absolute atomic E-state index is 13.4. The number of para-hydroxylation sites is 3. The number of carbonyl (C=O) groups excluding carboxylic acids is 2. The van der Waals surface area contributed by atoms with Gasteiger partial charge in [0.25, 0.3) is 11.8 Å². The molecule has 188 valence electrons. The van der Waals surface area contributed by atoms with Gasteiger partial charge in [0.05, 0.1) is 29.2 Å². The Balaban J connectivity index is 1.58. The first kappa shape index (κ1) is 25.2. The highest BCUT2D eigenvalue weighted by Gasteiger charge is 2.37. The third-order valence-electron chi connectivity index (χ3n) is 5.97. The smallest absolute Gasteiger partial charge is 0.267 e. The summed E-state index contributed by atoms with van der Waals surface area (Å²) >= 11 is 0. The van der Waals surface area contributed by atoms with E-state index >= 15 is 0 Å². The first-order chi connectivity index (χ1) is 17.3. The summed E-state index contributed by atoms with van der Waals surface area (Å²) in [7, 11) is -3.82. The van der Waals surface area contributed by atoms with Gasteiger partial charge in [-0.3, -0.25) is 13.9 Å². The average Bonchev–Trinajstić information content (AvgIpc) is 2.88. The minimum atomic E-state index is -3.82. The van der Waals surface area contributed by atoms with Gasteiger partial charge in [0.2, 0.25) is 10.0 Å². The zero-order chi connectivity index (χ0) is 25.7. The van der Waals surface area contributed by atoms with Crippen molar-refractivity contribution in [3.63, 3.8) is 0 Å². The quantitative estimate of drug-likeness (QED) is 0.480. The van der Waals surface area contributed by atoms with E-state index in [1.807, 2.05) is 19.9 Å². The van der Waals surface area contributed by atoms with Crippen LogP contribution in [0.5, 0.6) is 5.75 Å². The van der Waals surface area contributed by atoms with Crippen LogP contribution in [-0.2, 0) is 20.6 Å². The Morgan fingerprint density at radius 1 is 1.00 bits per heavy atom. The van der Waals surface area contributed by atoms with Gasteiger partial charge in [0.1, 0.15) is 5.75 Å². The van der Waals surface area contributed by atoms with Crippen LogP contribution in [0, 0.1) is 0 Å². The maximum Gasteiger partial charge on any atom is 0.267 e. The van der Waals surface area contributed by atoms with E-state index in [0.717, 1.165) is 6.42 Å². The van der Waals surface area contributed by atoms with Crippen LogP contribution in [0.4, 0.5) is 11.4 Å². The lowest BCUT2D eigenvalue weighted by Gasteiger charge is -2.34. The summed E-state index contributed by atoms with van der Waals surface area (Å²) in [5.41, 5.74) is 1.66. The van der Waals surface area contributed by atoms with Crippen LogP contribution in [0.25, 0.3) is 0 Å². The number of hydrogen-bond donors (Lipinski definition) is 2. The van der Waals surface area contributed by atoms with Gasteiger partial charge < -0.3 is 15.4 Å². The molecule has 0 saturated carbocycles. The highest BCUT2D eigenvalue weighted by atomic mass is 32.2. The van der Waals surface area contributed by atoms with Crippen LogP contribution >= 0.6 is 0 Å². The maximum atomic E-state index is 13.4. The molecule has 0 fully saturated rings. The second-order valence-electron chi connectivity index (χ2n) is 8.66. The van der Waals surface area contributed by atoms with Gasteiger partial charge >= 0.3 is 0 Å². The van der Waals surface area contributed by atoms with E-state index in [1.165, 1.54) is 4.31 Å². The Morgan fingerprint density at radius 3 is 2.42 bits per heavy atom. The van der Waals surface area contributed by atoms with Gasteiger partial charge in [-0.25, -0.2) is 8.42 Å². The van der Waals surface area contributed by atoms with Crippen molar-refractivity contribution in [3.05, 3.63) is 90.0 Å². The van der Waals surface area contributed by atoms with Crippen LogP contribution in [0.3, 0.4) is 0 Å². The highest BCUT2D eigenvalue weighted by Crippen LogP contribution is 2.36. The largest absolute Gasteiger partial charge is 0.476 e. The molecule has 2 amide bonds. The Morgan fingerprint density at radius 2 is 1.67 bits per heavy atom. The van der Waals surface area contributed by atoms with E-state index in [4.69, 9.17) is 4.74 Å². The Labute approximate surface area is 211 Å². The molecule has 2 atom stereocenters. The average molecular weight is 508 g/mol. The lowest BCUT2D eigenvalue weighted by molar-refractivity contribution is -0.122. The second-order valence-corrected chi connectivity index (χ2v) is 10.6. The summed E-state index contributed by atoms with van der Waals surface area (Å²) in [5, 5.41) is 5.65. The number of carbonyl (C=O) groups is 2. The number of rotatable bonds is 8. The molecule has 0 spiro atoms. The van der Waals surface area contributed by atoms with Crippen molar-refractivity contribution in [2.45, 2.75) is 38.2 Å². The number of hydrogen-bond acceptors (Lipinski definition) is 5. The highest BCUT2D eigenvalue weighted by molar-refractivity contribution is 7.92. The normalized spacial score (nSPS) is 15.8. The molecule has 36 heavy (non-hydrogen) atoms. The summed E-state index contributed by atoms with van der Waals surface area (Å²) < 4.78 is 33.9. The molecule has 0 radical (unpaired) electrons. The fourth-order valence-corrected chi connectivity index (χ4v) is 5.45. The first-order valence-corrected chi connectivity index (χ1v) is 13.4. The number of nitrogens with one attached hydrogen (secondary N) is 2. The fourth-order valence-electron chi connectivity index (χ4n) is 3.87. The molecule has 4 rings (SSSR count). The summed E-state index contributed by atoms with van der Waals surface area (Å²) in [5.74, 6) is -0.770. The second kappa shape index (κ2) is 10.8. The van der Waals surface area contributed by atoms with E-state index in [0.29, 0.717) is 28.3 Å². The molecule has 0 saturated heterocycles. The lowest BCUT2D eigenvalue weighted by Crippen LogP contribution is -2.49. The fraction of sp³-hybridized carbons (Fsp3) is 0.259. The van der Waals surface area contributed by atoms with Crippen LogP contribution in [0.1, 0.15) is 36.2 Å². The summed E-state index contributed by atoms with van der Waals surface area (Å²) in [6, 6.07) is 22.3. The number of benzene rings is 3. The molecule has 2 N–H and O–H groups in total. The van der Waals surface area contributed by atoms with Crippen molar-refractivity contribution in [3.8, 4) is 5.75 Å². The van der Waals surface area contributed by atoms with Crippen molar-refractivity contribution in [2.24, 2.45) is 0 Å². The topological polar surface area (TPSA) is 105 Å². The van der Waals surface area contributed by atoms with Crippen LogP contribution < -0.4 is 19.7 Å². The van der Waals surface area contributed by atoms with Gasteiger partial charge in [0.15, 0.2) is 6.10 Å². The van der Waals surface area contributed by atoms with Crippen molar-refractivity contribution in [1.29, 1.82) is 0 Å². The number of ether oxygens (including phenoxy) is 1. The minimum Gasteiger partial charge on any atom is -0.476 e. The van der Waals surface area contributed by atoms with Crippen molar-refractivity contribution < 1.29 is 22.7 Å². The SMILES string of the molecule is CC[C@@H](C)NC(=O)c1ccccc1NC(=O)[C@H]1CN(S(=O)(=O)Cc2ccccc2)c2ccccc2O1. The van der Waals surface area contributed by atoms with E-state index < -0.39 is 22.0 Å². The molecule has 0 bridgehead atoms. The first-order valence-electron chi connectivity index (χ1n) is 11.8. The lowest BCUT2D eigenvalue weighted by atomic mass is 10.1. The molecule has 1 aliphatic rings. The van der Waals surface area contributed by atoms with Crippen LogP contribution in [-0.4, -0.2) is 38.9 Å². The van der Waals surface area contributed by atoms with E-state index in [-0.39, 0.29) is 24.2 Å². The summed E-state index contributed by atoms with van der Waals surface area (Å²) in [6.07, 6.45) is -0.348. The Hall–Kier alpha value is -3.85. The van der Waals surface area contributed by atoms with Crippen molar-refractivity contribution in [1.82, 2.24) is 5.32 Å². The van der Waals surface area contributed by atoms with Gasteiger partial charge in [-0.15, -0.1) is 0 Å².